The van der Waals surface area contributed by atoms with Crippen LogP contribution in [0.2, 0.25) is 0 Å². The predicted molar refractivity (Wildman–Crippen MR) is 73.8 cm³/mol. The normalized spacial score (nSPS) is 10.2. The van der Waals surface area contributed by atoms with Crippen LogP contribution in [0.4, 0.5) is 5.69 Å². The summed E-state index contributed by atoms with van der Waals surface area (Å²) in [7, 11) is 4.77. The van der Waals surface area contributed by atoms with Gasteiger partial charge in [0.05, 0.1) is 27.0 Å². The predicted octanol–water partition coefficient (Wildman–Crippen LogP) is 3.02. The van der Waals surface area contributed by atoms with Crippen molar-refractivity contribution in [1.29, 1.82) is 0 Å². The molecule has 4 nitrogen and oxygen atoms in total. The number of hydrogen-bond acceptors (Lipinski definition) is 5. The first-order valence-electron chi connectivity index (χ1n) is 5.33. The molecule has 0 aliphatic heterocycles. The van der Waals surface area contributed by atoms with Crippen molar-refractivity contribution in [2.75, 3.05) is 27.1 Å². The zero-order chi connectivity index (χ0) is 13.1. The van der Waals surface area contributed by atoms with Gasteiger partial charge in [-0.3, -0.25) is 0 Å². The Labute approximate surface area is 110 Å². The fourth-order valence-corrected chi connectivity index (χ4v) is 2.53. The van der Waals surface area contributed by atoms with Gasteiger partial charge in [-0.25, -0.2) is 0 Å². The monoisotopic (exact) mass is 265 g/mol. The minimum Gasteiger partial charge on any atom is -0.493 e. The summed E-state index contributed by atoms with van der Waals surface area (Å²) in [6.07, 6.45) is 0. The van der Waals surface area contributed by atoms with Crippen LogP contribution < -0.4 is 19.9 Å². The molecule has 0 aliphatic rings. The summed E-state index contributed by atoms with van der Waals surface area (Å²) in [6.45, 7) is 0. The molecule has 0 unspecified atom stereocenters. The Morgan fingerprint density at radius 2 is 1.56 bits per heavy atom. The zero-order valence-electron chi connectivity index (χ0n) is 10.5. The minimum absolute atomic E-state index is 0.581. The number of ether oxygens (including phenoxy) is 3. The van der Waals surface area contributed by atoms with Crippen LogP contribution in [0.15, 0.2) is 22.9 Å². The smallest absolute Gasteiger partial charge is 0.203 e. The lowest BCUT2D eigenvalue weighted by Crippen LogP contribution is -1.96. The molecule has 0 amide bonds. The molecule has 1 aromatic carbocycles. The lowest BCUT2D eigenvalue weighted by molar-refractivity contribution is 0.324. The Kier molecular flexibility index (Phi) is 3.62. The van der Waals surface area contributed by atoms with Gasteiger partial charge < -0.3 is 19.9 Å². The summed E-state index contributed by atoms with van der Waals surface area (Å²) in [5, 5.41) is 3.90. The number of thiophene rings is 1. The topological polar surface area (TPSA) is 53.7 Å². The fraction of sp³-hybridized carbons (Fsp3) is 0.231. The maximum atomic E-state index is 5.92. The van der Waals surface area contributed by atoms with E-state index in [1.807, 2.05) is 22.9 Å². The molecule has 1 heterocycles. The van der Waals surface area contributed by atoms with E-state index in [0.717, 1.165) is 16.8 Å². The molecule has 0 saturated heterocycles. The van der Waals surface area contributed by atoms with E-state index >= 15 is 0 Å². The summed E-state index contributed by atoms with van der Waals surface area (Å²) in [5.41, 5.74) is 8.59. The molecular formula is C13H15NO3S. The van der Waals surface area contributed by atoms with Gasteiger partial charge in [0.25, 0.3) is 0 Å². The molecule has 0 aliphatic carbocycles. The van der Waals surface area contributed by atoms with Crippen LogP contribution in [0.3, 0.4) is 0 Å². The molecule has 0 radical (unpaired) electrons. The molecule has 2 N–H and O–H groups in total. The lowest BCUT2D eigenvalue weighted by atomic mass is 10.1. The molecule has 0 bridgehead atoms. The quantitative estimate of drug-likeness (QED) is 0.923. The third-order valence-corrected chi connectivity index (χ3v) is 3.43. The first-order valence-corrected chi connectivity index (χ1v) is 6.27. The minimum atomic E-state index is 0.581. The molecule has 2 aromatic rings. The Bertz CT molecular complexity index is 526. The average molecular weight is 265 g/mol. The van der Waals surface area contributed by atoms with Crippen LogP contribution in [-0.4, -0.2) is 21.3 Å². The van der Waals surface area contributed by atoms with Crippen molar-refractivity contribution >= 4 is 17.0 Å². The van der Waals surface area contributed by atoms with E-state index in [2.05, 4.69) is 0 Å². The molecule has 0 fully saturated rings. The molecular weight excluding hydrogens is 250 g/mol. The second kappa shape index (κ2) is 5.18. The number of hydrogen-bond donors (Lipinski definition) is 1. The Morgan fingerprint density at radius 1 is 0.944 bits per heavy atom. The summed E-state index contributed by atoms with van der Waals surface area (Å²) >= 11 is 1.56. The van der Waals surface area contributed by atoms with Gasteiger partial charge in [0.15, 0.2) is 11.5 Å². The summed E-state index contributed by atoms with van der Waals surface area (Å²) in [5.74, 6) is 1.83. The van der Waals surface area contributed by atoms with Gasteiger partial charge in [-0.15, -0.1) is 11.3 Å². The van der Waals surface area contributed by atoms with E-state index in [-0.39, 0.29) is 0 Å². The Hall–Kier alpha value is -1.88. The van der Waals surface area contributed by atoms with Gasteiger partial charge in [0.1, 0.15) is 0 Å². The molecule has 18 heavy (non-hydrogen) atoms. The van der Waals surface area contributed by atoms with Crippen molar-refractivity contribution in [3.63, 3.8) is 0 Å². The van der Waals surface area contributed by atoms with Crippen LogP contribution >= 0.6 is 11.3 Å². The fourth-order valence-electron chi connectivity index (χ4n) is 1.78. The second-order valence-corrected chi connectivity index (χ2v) is 4.40. The van der Waals surface area contributed by atoms with Crippen LogP contribution in [0, 0.1) is 0 Å². The van der Waals surface area contributed by atoms with E-state index in [1.54, 1.807) is 32.7 Å². The summed E-state index contributed by atoms with van der Waals surface area (Å²) in [6, 6.07) is 3.78. The van der Waals surface area contributed by atoms with Crippen molar-refractivity contribution < 1.29 is 14.2 Å². The van der Waals surface area contributed by atoms with Gasteiger partial charge in [-0.05, 0) is 17.7 Å². The van der Waals surface area contributed by atoms with Crippen molar-refractivity contribution in [2.45, 2.75) is 0 Å². The highest BCUT2D eigenvalue weighted by molar-refractivity contribution is 7.08. The molecule has 2 rings (SSSR count). The van der Waals surface area contributed by atoms with E-state index in [4.69, 9.17) is 19.9 Å². The van der Waals surface area contributed by atoms with Gasteiger partial charge >= 0.3 is 0 Å². The number of methoxy groups -OCH3 is 3. The largest absolute Gasteiger partial charge is 0.493 e. The molecule has 1 aromatic heterocycles. The highest BCUT2D eigenvalue weighted by Crippen LogP contribution is 2.42. The average Bonchev–Trinajstić information content (AvgIpc) is 2.83. The van der Waals surface area contributed by atoms with E-state index in [1.165, 1.54) is 0 Å². The molecule has 96 valence electrons. The number of benzene rings is 1. The van der Waals surface area contributed by atoms with Crippen molar-refractivity contribution in [3.8, 4) is 28.4 Å². The van der Waals surface area contributed by atoms with E-state index < -0.39 is 0 Å². The molecule has 0 spiro atoms. The number of anilines is 1. The highest BCUT2D eigenvalue weighted by atomic mass is 32.1. The third kappa shape index (κ3) is 2.09. The summed E-state index contributed by atoms with van der Waals surface area (Å²) < 4.78 is 15.9. The zero-order valence-corrected chi connectivity index (χ0v) is 11.3. The van der Waals surface area contributed by atoms with Crippen LogP contribution in [-0.2, 0) is 0 Å². The van der Waals surface area contributed by atoms with E-state index in [0.29, 0.717) is 17.2 Å². The molecule has 0 saturated carbocycles. The standard InChI is InChI=1S/C13H15NO3S/c1-15-11-4-8(9-6-18-7-10(9)14)5-12(16-2)13(11)17-3/h4-7H,14H2,1-3H3. The van der Waals surface area contributed by atoms with Gasteiger partial charge in [-0.1, -0.05) is 0 Å². The van der Waals surface area contributed by atoms with Crippen molar-refractivity contribution in [2.24, 2.45) is 0 Å². The first-order chi connectivity index (χ1) is 8.71. The van der Waals surface area contributed by atoms with Gasteiger partial charge in [-0.2, -0.15) is 0 Å². The second-order valence-electron chi connectivity index (χ2n) is 3.65. The molecule has 0 atom stereocenters. The van der Waals surface area contributed by atoms with Gasteiger partial charge in [0, 0.05) is 16.3 Å². The van der Waals surface area contributed by atoms with Crippen molar-refractivity contribution in [3.05, 3.63) is 22.9 Å². The molecule has 5 heteroatoms. The summed E-state index contributed by atoms with van der Waals surface area (Å²) in [4.78, 5) is 0. The maximum absolute atomic E-state index is 5.92. The number of nitrogens with two attached hydrogens (primary N) is 1. The number of nitrogen functional groups attached to an aromatic ring is 1. The van der Waals surface area contributed by atoms with Crippen LogP contribution in [0.5, 0.6) is 17.2 Å². The maximum Gasteiger partial charge on any atom is 0.203 e. The highest BCUT2D eigenvalue weighted by Gasteiger charge is 2.15. The van der Waals surface area contributed by atoms with Gasteiger partial charge in [0.2, 0.25) is 5.75 Å². The van der Waals surface area contributed by atoms with Crippen molar-refractivity contribution in [1.82, 2.24) is 0 Å². The SMILES string of the molecule is COc1cc(-c2cscc2N)cc(OC)c1OC. The number of rotatable bonds is 4. The van der Waals surface area contributed by atoms with Crippen LogP contribution in [0.1, 0.15) is 0 Å². The van der Waals surface area contributed by atoms with E-state index in [9.17, 15) is 0 Å². The lowest BCUT2D eigenvalue weighted by Gasteiger charge is -2.14. The Balaban J connectivity index is 2.60. The third-order valence-electron chi connectivity index (χ3n) is 2.67. The first kappa shape index (κ1) is 12.6. The van der Waals surface area contributed by atoms with Crippen LogP contribution in [0.25, 0.3) is 11.1 Å². The Morgan fingerprint density at radius 3 is 1.94 bits per heavy atom.